The Morgan fingerprint density at radius 2 is 1.74 bits per heavy atom. The van der Waals surface area contributed by atoms with Crippen LogP contribution in [-0.4, -0.2) is 10.2 Å². The molecule has 3 nitrogen and oxygen atoms in total. The standard InChI is InChI=1S/C25H20ClNO2S2/c1-2-17-11-13-20(14-12-17)27-24(28)23(31-25(27)30)15-18-7-4-6-10-22(18)29-16-19-8-3-5-9-21(19)26/h3-15H,2,16H2,1H3. The quantitative estimate of drug-likeness (QED) is 0.293. The van der Waals surface area contributed by atoms with E-state index in [4.69, 9.17) is 28.6 Å². The van der Waals surface area contributed by atoms with E-state index in [0.717, 1.165) is 23.2 Å². The molecule has 0 spiro atoms. The van der Waals surface area contributed by atoms with Crippen LogP contribution in [0.5, 0.6) is 5.75 Å². The maximum atomic E-state index is 13.1. The zero-order chi connectivity index (χ0) is 21.8. The highest BCUT2D eigenvalue weighted by molar-refractivity contribution is 8.27. The third-order valence-electron chi connectivity index (χ3n) is 4.94. The van der Waals surface area contributed by atoms with Gasteiger partial charge in [-0.3, -0.25) is 9.69 Å². The predicted octanol–water partition coefficient (Wildman–Crippen LogP) is 6.89. The van der Waals surface area contributed by atoms with Crippen molar-refractivity contribution in [3.63, 3.8) is 0 Å². The molecule has 6 heteroatoms. The monoisotopic (exact) mass is 465 g/mol. The van der Waals surface area contributed by atoms with Crippen LogP contribution in [0.15, 0.2) is 77.7 Å². The molecule has 0 N–H and O–H groups in total. The van der Waals surface area contributed by atoms with Crippen molar-refractivity contribution in [2.24, 2.45) is 0 Å². The van der Waals surface area contributed by atoms with E-state index in [-0.39, 0.29) is 5.91 Å². The molecule has 0 radical (unpaired) electrons. The van der Waals surface area contributed by atoms with Crippen LogP contribution in [0.2, 0.25) is 5.02 Å². The van der Waals surface area contributed by atoms with Gasteiger partial charge in [-0.15, -0.1) is 0 Å². The molecule has 31 heavy (non-hydrogen) atoms. The summed E-state index contributed by atoms with van der Waals surface area (Å²) in [6, 6.07) is 23.1. The van der Waals surface area contributed by atoms with Crippen molar-refractivity contribution in [2.45, 2.75) is 20.0 Å². The molecule has 1 saturated heterocycles. The predicted molar refractivity (Wildman–Crippen MR) is 134 cm³/mol. The van der Waals surface area contributed by atoms with E-state index >= 15 is 0 Å². The maximum absolute atomic E-state index is 13.1. The van der Waals surface area contributed by atoms with Crippen molar-refractivity contribution >= 4 is 57.6 Å². The van der Waals surface area contributed by atoms with Crippen LogP contribution in [0.1, 0.15) is 23.6 Å². The van der Waals surface area contributed by atoms with Gasteiger partial charge in [-0.2, -0.15) is 0 Å². The fraction of sp³-hybridized carbons (Fsp3) is 0.120. The number of rotatable bonds is 6. The zero-order valence-corrected chi connectivity index (χ0v) is 19.3. The van der Waals surface area contributed by atoms with Crippen LogP contribution in [-0.2, 0) is 17.8 Å². The summed E-state index contributed by atoms with van der Waals surface area (Å²) in [7, 11) is 0. The molecular weight excluding hydrogens is 446 g/mol. The molecule has 1 heterocycles. The van der Waals surface area contributed by atoms with Crippen molar-refractivity contribution < 1.29 is 9.53 Å². The van der Waals surface area contributed by atoms with Crippen molar-refractivity contribution in [1.82, 2.24) is 0 Å². The van der Waals surface area contributed by atoms with Crippen molar-refractivity contribution in [1.29, 1.82) is 0 Å². The molecule has 1 aliphatic heterocycles. The van der Waals surface area contributed by atoms with Crippen LogP contribution in [0.4, 0.5) is 5.69 Å². The average Bonchev–Trinajstić information content (AvgIpc) is 3.07. The highest BCUT2D eigenvalue weighted by Gasteiger charge is 2.33. The zero-order valence-electron chi connectivity index (χ0n) is 16.9. The number of nitrogens with zero attached hydrogens (tertiary/aromatic N) is 1. The summed E-state index contributed by atoms with van der Waals surface area (Å²) in [5.74, 6) is 0.556. The molecule has 0 saturated carbocycles. The van der Waals surface area contributed by atoms with Gasteiger partial charge in [0.25, 0.3) is 5.91 Å². The second-order valence-corrected chi connectivity index (χ2v) is 9.04. The molecule has 0 atom stereocenters. The van der Waals surface area contributed by atoms with E-state index in [1.54, 1.807) is 4.90 Å². The summed E-state index contributed by atoms with van der Waals surface area (Å²) in [5.41, 5.74) is 3.72. The number of hydrogen-bond donors (Lipinski definition) is 0. The number of benzene rings is 3. The minimum atomic E-state index is -0.125. The number of hydrogen-bond acceptors (Lipinski definition) is 4. The number of amides is 1. The van der Waals surface area contributed by atoms with Gasteiger partial charge in [0.2, 0.25) is 0 Å². The van der Waals surface area contributed by atoms with Crippen molar-refractivity contribution in [3.8, 4) is 5.75 Å². The number of carbonyl (C=O) groups is 1. The van der Waals surface area contributed by atoms with E-state index in [9.17, 15) is 4.79 Å². The first kappa shape index (κ1) is 21.6. The van der Waals surface area contributed by atoms with Gasteiger partial charge in [-0.05, 0) is 42.3 Å². The van der Waals surface area contributed by atoms with Crippen LogP contribution < -0.4 is 9.64 Å². The smallest absolute Gasteiger partial charge is 0.270 e. The van der Waals surface area contributed by atoms with Crippen LogP contribution >= 0.6 is 35.6 Å². The van der Waals surface area contributed by atoms with Gasteiger partial charge < -0.3 is 4.74 Å². The largest absolute Gasteiger partial charge is 0.488 e. The summed E-state index contributed by atoms with van der Waals surface area (Å²) in [6.07, 6.45) is 2.78. The maximum Gasteiger partial charge on any atom is 0.270 e. The number of ether oxygens (including phenoxy) is 1. The van der Waals surface area contributed by atoms with E-state index < -0.39 is 0 Å². The minimum absolute atomic E-state index is 0.125. The number of anilines is 1. The molecule has 1 amide bonds. The van der Waals surface area contributed by atoms with Gasteiger partial charge in [0.05, 0.1) is 10.6 Å². The molecule has 3 aromatic rings. The van der Waals surface area contributed by atoms with Gasteiger partial charge in [-0.25, -0.2) is 0 Å². The van der Waals surface area contributed by atoms with E-state index in [1.807, 2.05) is 78.9 Å². The SMILES string of the molecule is CCc1ccc(N2C(=O)C(=Cc3ccccc3OCc3ccccc3Cl)SC2=S)cc1. The fourth-order valence-corrected chi connectivity index (χ4v) is 4.69. The summed E-state index contributed by atoms with van der Waals surface area (Å²) in [4.78, 5) is 15.3. The first-order chi connectivity index (χ1) is 15.1. The highest BCUT2D eigenvalue weighted by atomic mass is 35.5. The van der Waals surface area contributed by atoms with E-state index in [0.29, 0.717) is 26.6 Å². The molecule has 4 rings (SSSR count). The first-order valence-corrected chi connectivity index (χ1v) is 11.5. The Labute approximate surface area is 196 Å². The molecule has 0 aromatic heterocycles. The van der Waals surface area contributed by atoms with Gasteiger partial charge in [0.15, 0.2) is 4.32 Å². The Morgan fingerprint density at radius 1 is 1.03 bits per heavy atom. The average molecular weight is 466 g/mol. The first-order valence-electron chi connectivity index (χ1n) is 9.89. The fourth-order valence-electron chi connectivity index (χ4n) is 3.21. The van der Waals surface area contributed by atoms with Crippen LogP contribution in [0.25, 0.3) is 6.08 Å². The molecule has 3 aromatic carbocycles. The topological polar surface area (TPSA) is 29.5 Å². The van der Waals surface area contributed by atoms with E-state index in [2.05, 4.69) is 6.92 Å². The molecule has 156 valence electrons. The number of halogens is 1. The second-order valence-electron chi connectivity index (χ2n) is 6.96. The Bertz CT molecular complexity index is 1160. The Hall–Kier alpha value is -2.60. The lowest BCUT2D eigenvalue weighted by atomic mass is 10.1. The van der Waals surface area contributed by atoms with Crippen molar-refractivity contribution in [3.05, 3.63) is 99.4 Å². The normalized spacial score (nSPS) is 15.0. The third-order valence-corrected chi connectivity index (χ3v) is 6.61. The number of aryl methyl sites for hydroxylation is 1. The lowest BCUT2D eigenvalue weighted by Gasteiger charge is -2.15. The number of thiocarbonyl (C=S) groups is 1. The van der Waals surface area contributed by atoms with Gasteiger partial charge in [-0.1, -0.05) is 91.0 Å². The molecule has 0 aliphatic carbocycles. The molecule has 0 unspecified atom stereocenters. The molecule has 1 fully saturated rings. The van der Waals surface area contributed by atoms with Crippen LogP contribution in [0.3, 0.4) is 0 Å². The Morgan fingerprint density at radius 3 is 2.48 bits per heavy atom. The number of carbonyl (C=O) groups excluding carboxylic acids is 1. The second kappa shape index (κ2) is 9.69. The van der Waals surface area contributed by atoms with E-state index in [1.165, 1.54) is 17.3 Å². The summed E-state index contributed by atoms with van der Waals surface area (Å²) < 4.78 is 6.54. The molecular formula is C25H20ClNO2S2. The third kappa shape index (κ3) is 4.85. The highest BCUT2D eigenvalue weighted by Crippen LogP contribution is 2.37. The summed E-state index contributed by atoms with van der Waals surface area (Å²) in [5, 5.41) is 0.662. The summed E-state index contributed by atoms with van der Waals surface area (Å²) in [6.45, 7) is 2.44. The number of thioether (sulfide) groups is 1. The summed E-state index contributed by atoms with van der Waals surface area (Å²) >= 11 is 13.0. The lowest BCUT2D eigenvalue weighted by Crippen LogP contribution is -2.27. The van der Waals surface area contributed by atoms with Crippen LogP contribution in [0, 0.1) is 0 Å². The Balaban J connectivity index is 1.56. The Kier molecular flexibility index (Phi) is 6.76. The number of para-hydroxylation sites is 1. The van der Waals surface area contributed by atoms with Gasteiger partial charge in [0.1, 0.15) is 12.4 Å². The van der Waals surface area contributed by atoms with Gasteiger partial charge in [0, 0.05) is 16.1 Å². The molecule has 1 aliphatic rings. The van der Waals surface area contributed by atoms with Crippen molar-refractivity contribution in [2.75, 3.05) is 4.90 Å². The minimum Gasteiger partial charge on any atom is -0.488 e. The van der Waals surface area contributed by atoms with Gasteiger partial charge >= 0.3 is 0 Å². The lowest BCUT2D eigenvalue weighted by molar-refractivity contribution is -0.113. The molecule has 0 bridgehead atoms.